The zero-order chi connectivity index (χ0) is 11.9. The number of hydrogen-bond donors (Lipinski definition) is 0. The number of ether oxygens (including phenoxy) is 1. The fraction of sp³-hybridized carbons (Fsp3) is 0.923. The Balaban J connectivity index is 2.22. The van der Waals surface area contributed by atoms with Gasteiger partial charge in [0, 0.05) is 10.3 Å². The summed E-state index contributed by atoms with van der Waals surface area (Å²) in [5, 5.41) is 0. The van der Waals surface area contributed by atoms with Crippen LogP contribution in [0.2, 0.25) is 0 Å². The molecule has 3 heteroatoms. The van der Waals surface area contributed by atoms with Crippen molar-refractivity contribution in [3.63, 3.8) is 0 Å². The lowest BCUT2D eigenvalue weighted by Gasteiger charge is -2.45. The lowest BCUT2D eigenvalue weighted by atomic mass is 9.62. The topological polar surface area (TPSA) is 26.3 Å². The highest BCUT2D eigenvalue weighted by atomic mass is 127. The van der Waals surface area contributed by atoms with E-state index in [9.17, 15) is 4.79 Å². The third-order valence-electron chi connectivity index (χ3n) is 4.59. The Morgan fingerprint density at radius 3 is 2.81 bits per heavy atom. The lowest BCUT2D eigenvalue weighted by molar-refractivity contribution is -0.151. The molecule has 16 heavy (non-hydrogen) atoms. The summed E-state index contributed by atoms with van der Waals surface area (Å²) in [6, 6.07) is 0. The maximum Gasteiger partial charge on any atom is 0.306 e. The van der Waals surface area contributed by atoms with E-state index in [0.717, 1.165) is 22.7 Å². The number of halogens is 1. The predicted molar refractivity (Wildman–Crippen MR) is 72.5 cm³/mol. The molecule has 2 nitrogen and oxygen atoms in total. The van der Waals surface area contributed by atoms with Crippen LogP contribution in [0.15, 0.2) is 0 Å². The van der Waals surface area contributed by atoms with Gasteiger partial charge in [0.1, 0.15) is 5.60 Å². The van der Waals surface area contributed by atoms with E-state index in [1.165, 1.54) is 6.42 Å². The van der Waals surface area contributed by atoms with Crippen LogP contribution in [-0.4, -0.2) is 16.0 Å². The molecule has 0 aromatic carbocycles. The van der Waals surface area contributed by atoms with Crippen molar-refractivity contribution in [3.8, 4) is 0 Å². The Kier molecular flexibility index (Phi) is 3.53. The van der Waals surface area contributed by atoms with Crippen LogP contribution in [0.5, 0.6) is 0 Å². The van der Waals surface area contributed by atoms with Gasteiger partial charge in [-0.25, -0.2) is 0 Å². The van der Waals surface area contributed by atoms with Crippen LogP contribution >= 0.6 is 22.6 Å². The number of esters is 1. The summed E-state index contributed by atoms with van der Waals surface area (Å²) in [4.78, 5) is 11.5. The molecular formula is C13H21IO2. The molecule has 1 saturated carbocycles. The van der Waals surface area contributed by atoms with E-state index in [-0.39, 0.29) is 11.6 Å². The van der Waals surface area contributed by atoms with Gasteiger partial charge < -0.3 is 4.74 Å². The Hall–Kier alpha value is 0.200. The SMILES string of the molecule is CC(C)[C@H]1CC[C@]2(C)OC(=O)C[C@@H]2[C@@H]1CI. The molecule has 4 atom stereocenters. The van der Waals surface area contributed by atoms with Gasteiger partial charge in [-0.1, -0.05) is 36.4 Å². The van der Waals surface area contributed by atoms with Crippen molar-refractivity contribution in [2.24, 2.45) is 23.7 Å². The highest BCUT2D eigenvalue weighted by Crippen LogP contribution is 2.51. The molecule has 0 unspecified atom stereocenters. The van der Waals surface area contributed by atoms with Gasteiger partial charge in [0.15, 0.2) is 0 Å². The van der Waals surface area contributed by atoms with Crippen LogP contribution in [0.1, 0.15) is 40.0 Å². The third-order valence-corrected chi connectivity index (χ3v) is 5.61. The van der Waals surface area contributed by atoms with Crippen LogP contribution in [0.4, 0.5) is 0 Å². The Bertz CT molecular complexity index is 290. The predicted octanol–water partition coefficient (Wildman–Crippen LogP) is 3.43. The van der Waals surface area contributed by atoms with E-state index in [2.05, 4.69) is 43.4 Å². The van der Waals surface area contributed by atoms with Gasteiger partial charge in [-0.2, -0.15) is 0 Å². The summed E-state index contributed by atoms with van der Waals surface area (Å²) in [5.41, 5.74) is -0.154. The van der Waals surface area contributed by atoms with E-state index < -0.39 is 0 Å². The summed E-state index contributed by atoms with van der Waals surface area (Å²) in [6.45, 7) is 6.76. The van der Waals surface area contributed by atoms with Gasteiger partial charge in [0.25, 0.3) is 0 Å². The van der Waals surface area contributed by atoms with Crippen molar-refractivity contribution in [1.29, 1.82) is 0 Å². The van der Waals surface area contributed by atoms with Crippen molar-refractivity contribution >= 4 is 28.6 Å². The molecule has 0 amide bonds. The molecule has 0 N–H and O–H groups in total. The normalized spacial score (nSPS) is 43.3. The van der Waals surface area contributed by atoms with E-state index >= 15 is 0 Å². The summed E-state index contributed by atoms with van der Waals surface area (Å²) < 4.78 is 6.72. The first-order valence-electron chi connectivity index (χ1n) is 6.25. The molecule has 0 radical (unpaired) electrons. The fourth-order valence-corrected chi connectivity index (χ4v) is 4.90. The molecule has 1 heterocycles. The highest BCUT2D eigenvalue weighted by molar-refractivity contribution is 14.1. The number of alkyl halides is 1. The maximum atomic E-state index is 11.5. The minimum Gasteiger partial charge on any atom is -0.459 e. The molecule has 0 spiro atoms. The van der Waals surface area contributed by atoms with Crippen molar-refractivity contribution in [3.05, 3.63) is 0 Å². The van der Waals surface area contributed by atoms with Crippen molar-refractivity contribution in [1.82, 2.24) is 0 Å². The molecule has 2 fully saturated rings. The summed E-state index contributed by atoms with van der Waals surface area (Å²) in [5.74, 6) is 2.63. The lowest BCUT2D eigenvalue weighted by Crippen LogP contribution is -2.46. The molecule has 1 aliphatic heterocycles. The third kappa shape index (κ3) is 2.00. The second-order valence-electron chi connectivity index (χ2n) is 5.86. The molecule has 92 valence electrons. The molecule has 0 bridgehead atoms. The van der Waals surface area contributed by atoms with Crippen LogP contribution in [0, 0.1) is 23.7 Å². The second kappa shape index (κ2) is 4.46. The van der Waals surface area contributed by atoms with Gasteiger partial charge in [-0.3, -0.25) is 4.79 Å². The molecular weight excluding hydrogens is 315 g/mol. The summed E-state index contributed by atoms with van der Waals surface area (Å²) in [7, 11) is 0. The van der Waals surface area contributed by atoms with Crippen molar-refractivity contribution in [2.75, 3.05) is 4.43 Å². The second-order valence-corrected chi connectivity index (χ2v) is 6.74. The minimum absolute atomic E-state index is 0.0201. The standard InChI is InChI=1S/C13H21IO2/c1-8(2)9-4-5-13(3)11(10(9)7-14)6-12(15)16-13/h8-11H,4-7H2,1-3H3/t9-,10-,11-,13+/m1/s1. The zero-order valence-electron chi connectivity index (χ0n) is 10.3. The van der Waals surface area contributed by atoms with E-state index in [1.807, 2.05) is 0 Å². The van der Waals surface area contributed by atoms with Gasteiger partial charge in [0.2, 0.25) is 0 Å². The smallest absolute Gasteiger partial charge is 0.306 e. The van der Waals surface area contributed by atoms with Crippen LogP contribution in [0.3, 0.4) is 0 Å². The first-order valence-corrected chi connectivity index (χ1v) is 7.78. The Labute approximate surface area is 112 Å². The average Bonchev–Trinajstić information content (AvgIpc) is 2.50. The highest BCUT2D eigenvalue weighted by Gasteiger charge is 2.53. The molecule has 1 aliphatic carbocycles. The quantitative estimate of drug-likeness (QED) is 0.439. The number of fused-ring (bicyclic) bond motifs is 1. The minimum atomic E-state index is -0.154. The number of carbonyl (C=O) groups excluding carboxylic acids is 1. The Morgan fingerprint density at radius 2 is 2.25 bits per heavy atom. The van der Waals surface area contributed by atoms with Gasteiger partial charge >= 0.3 is 5.97 Å². The fourth-order valence-electron chi connectivity index (χ4n) is 3.63. The molecule has 0 aromatic heterocycles. The van der Waals surface area contributed by atoms with Crippen LogP contribution in [0.25, 0.3) is 0 Å². The van der Waals surface area contributed by atoms with Gasteiger partial charge in [-0.15, -0.1) is 0 Å². The maximum absolute atomic E-state index is 11.5. The number of hydrogen-bond acceptors (Lipinski definition) is 2. The average molecular weight is 336 g/mol. The van der Waals surface area contributed by atoms with Crippen LogP contribution < -0.4 is 0 Å². The van der Waals surface area contributed by atoms with E-state index in [4.69, 9.17) is 4.74 Å². The monoisotopic (exact) mass is 336 g/mol. The van der Waals surface area contributed by atoms with Gasteiger partial charge in [-0.05, 0) is 37.5 Å². The van der Waals surface area contributed by atoms with E-state index in [0.29, 0.717) is 18.3 Å². The summed E-state index contributed by atoms with van der Waals surface area (Å²) >= 11 is 2.48. The number of carbonyl (C=O) groups is 1. The van der Waals surface area contributed by atoms with Crippen LogP contribution in [-0.2, 0) is 9.53 Å². The number of rotatable bonds is 2. The van der Waals surface area contributed by atoms with E-state index in [1.54, 1.807) is 0 Å². The first-order chi connectivity index (χ1) is 7.48. The first kappa shape index (κ1) is 12.7. The molecule has 1 saturated heterocycles. The Morgan fingerprint density at radius 1 is 1.56 bits per heavy atom. The summed E-state index contributed by atoms with van der Waals surface area (Å²) in [6.07, 6.45) is 2.92. The van der Waals surface area contributed by atoms with Gasteiger partial charge in [0.05, 0.1) is 6.42 Å². The molecule has 2 rings (SSSR count). The zero-order valence-corrected chi connectivity index (χ0v) is 12.5. The van der Waals surface area contributed by atoms with Crippen molar-refractivity contribution < 1.29 is 9.53 Å². The largest absolute Gasteiger partial charge is 0.459 e. The van der Waals surface area contributed by atoms with Crippen molar-refractivity contribution in [2.45, 2.75) is 45.6 Å². The molecule has 0 aromatic rings. The molecule has 2 aliphatic rings.